The fourth-order valence-electron chi connectivity index (χ4n) is 1.02. The predicted octanol–water partition coefficient (Wildman–Crippen LogP) is -3.42. The van der Waals surface area contributed by atoms with E-state index >= 15 is 0 Å². The van der Waals surface area contributed by atoms with E-state index in [0.717, 1.165) is 19.3 Å². The molecule has 5 nitrogen and oxygen atoms in total. The Kier molecular flexibility index (Phi) is 13.0. The van der Waals surface area contributed by atoms with Crippen LogP contribution in [0.1, 0.15) is 39.0 Å². The number of rotatable bonds is 8. The molecule has 0 aromatic heterocycles. The van der Waals surface area contributed by atoms with Crippen LogP contribution in [-0.4, -0.2) is 24.6 Å². The number of aliphatic carboxylic acids is 1. The van der Waals surface area contributed by atoms with Gasteiger partial charge in [0.1, 0.15) is 6.04 Å². The molecule has 0 aliphatic carbocycles. The van der Waals surface area contributed by atoms with Crippen molar-refractivity contribution in [3.05, 3.63) is 0 Å². The van der Waals surface area contributed by atoms with E-state index in [0.29, 0.717) is 6.61 Å². The molecule has 0 aliphatic heterocycles. The molecule has 0 saturated heterocycles. The first-order chi connectivity index (χ1) is 7.07. The number of carbonyl (C=O) groups excluding carboxylic acids is 2. The van der Waals surface area contributed by atoms with Gasteiger partial charge in [0.15, 0.2) is 0 Å². The summed E-state index contributed by atoms with van der Waals surface area (Å²) in [5.74, 6) is -1.74. The molecule has 1 atom stereocenters. The number of carboxylic acid groups (broad SMARTS) is 1. The number of carbonyl (C=O) groups is 2. The average molecular weight is 239 g/mol. The molecule has 0 amide bonds. The second-order valence-corrected chi connectivity index (χ2v) is 3.39. The van der Waals surface area contributed by atoms with Gasteiger partial charge in [-0.05, 0) is 19.3 Å². The molecule has 0 bridgehead atoms. The quantitative estimate of drug-likeness (QED) is 0.270. The molecule has 0 aliphatic rings. The monoisotopic (exact) mass is 239 g/mol. The van der Waals surface area contributed by atoms with E-state index < -0.39 is 18.0 Å². The summed E-state index contributed by atoms with van der Waals surface area (Å²) in [6.07, 6.45) is 2.71. The number of unbranched alkanes of at least 4 members (excludes halogenated alkanes) is 2. The Balaban J connectivity index is 0. The third-order valence-corrected chi connectivity index (χ3v) is 1.95. The van der Waals surface area contributed by atoms with Gasteiger partial charge >= 0.3 is 35.5 Å². The Hall–Kier alpha value is -0.100. The number of hydrogen-bond donors (Lipinski definition) is 1. The Labute approximate surface area is 118 Å². The molecule has 2 N–H and O–H groups in total. The van der Waals surface area contributed by atoms with Crippen LogP contribution in [0.5, 0.6) is 0 Å². The van der Waals surface area contributed by atoms with Crippen molar-refractivity contribution in [1.82, 2.24) is 0 Å². The summed E-state index contributed by atoms with van der Waals surface area (Å²) < 4.78 is 4.86. The van der Waals surface area contributed by atoms with E-state index in [-0.39, 0.29) is 42.4 Å². The van der Waals surface area contributed by atoms with E-state index in [2.05, 4.69) is 0 Å². The molecule has 0 spiro atoms. The first-order valence-corrected chi connectivity index (χ1v) is 5.20. The molecule has 0 rings (SSSR count). The molecule has 0 heterocycles. The van der Waals surface area contributed by atoms with E-state index in [1.807, 2.05) is 6.92 Å². The molecule has 6 heteroatoms. The van der Waals surface area contributed by atoms with Crippen molar-refractivity contribution >= 4 is 11.9 Å². The maximum atomic E-state index is 11.2. The maximum absolute atomic E-state index is 11.2. The van der Waals surface area contributed by atoms with Crippen molar-refractivity contribution < 1.29 is 49.0 Å². The van der Waals surface area contributed by atoms with Crippen molar-refractivity contribution in [3.8, 4) is 0 Å². The van der Waals surface area contributed by atoms with Gasteiger partial charge in [0, 0.05) is 5.97 Å². The summed E-state index contributed by atoms with van der Waals surface area (Å²) in [5.41, 5.74) is 5.41. The summed E-state index contributed by atoms with van der Waals surface area (Å²) in [6, 6.07) is -0.857. The maximum Gasteiger partial charge on any atom is 1.00 e. The molecular formula is C10H18NNaO4. The van der Waals surface area contributed by atoms with E-state index in [1.54, 1.807) is 0 Å². The Morgan fingerprint density at radius 1 is 1.38 bits per heavy atom. The van der Waals surface area contributed by atoms with Crippen molar-refractivity contribution in [3.63, 3.8) is 0 Å². The van der Waals surface area contributed by atoms with Gasteiger partial charge in [0.2, 0.25) is 0 Å². The number of hydrogen-bond acceptors (Lipinski definition) is 5. The van der Waals surface area contributed by atoms with E-state index in [4.69, 9.17) is 10.5 Å². The molecule has 0 fully saturated rings. The van der Waals surface area contributed by atoms with Gasteiger partial charge < -0.3 is 20.4 Å². The summed E-state index contributed by atoms with van der Waals surface area (Å²) in [7, 11) is 0. The zero-order valence-corrected chi connectivity index (χ0v) is 12.0. The minimum Gasteiger partial charge on any atom is -0.550 e. The van der Waals surface area contributed by atoms with Gasteiger partial charge in [0.05, 0.1) is 6.61 Å². The third kappa shape index (κ3) is 10.4. The number of ether oxygens (including phenoxy) is 1. The Morgan fingerprint density at radius 2 is 2.00 bits per heavy atom. The fourth-order valence-corrected chi connectivity index (χ4v) is 1.02. The molecule has 0 radical (unpaired) electrons. The van der Waals surface area contributed by atoms with Crippen molar-refractivity contribution in [2.45, 2.75) is 45.1 Å². The topological polar surface area (TPSA) is 92.5 Å². The number of carboxylic acids is 1. The Bertz CT molecular complexity index is 211. The van der Waals surface area contributed by atoms with E-state index in [1.165, 1.54) is 0 Å². The zero-order valence-electron chi connectivity index (χ0n) is 10.0. The normalized spacial score (nSPS) is 11.4. The molecule has 0 saturated carbocycles. The van der Waals surface area contributed by atoms with Gasteiger partial charge in [-0.25, -0.2) is 0 Å². The van der Waals surface area contributed by atoms with Crippen LogP contribution in [-0.2, 0) is 14.3 Å². The summed E-state index contributed by atoms with van der Waals surface area (Å²) in [4.78, 5) is 21.3. The van der Waals surface area contributed by atoms with E-state index in [9.17, 15) is 14.7 Å². The van der Waals surface area contributed by atoms with Gasteiger partial charge in [-0.3, -0.25) is 4.79 Å². The zero-order chi connectivity index (χ0) is 11.7. The van der Waals surface area contributed by atoms with Gasteiger partial charge in [-0.15, -0.1) is 0 Å². The minimum atomic E-state index is -1.20. The first-order valence-electron chi connectivity index (χ1n) is 5.20. The van der Waals surface area contributed by atoms with Crippen LogP contribution in [0.4, 0.5) is 0 Å². The largest absolute Gasteiger partial charge is 1.00 e. The van der Waals surface area contributed by atoms with Crippen LogP contribution < -0.4 is 40.4 Å². The minimum absolute atomic E-state index is 0. The fraction of sp³-hybridized carbons (Fsp3) is 0.800. The van der Waals surface area contributed by atoms with Crippen LogP contribution in [0.15, 0.2) is 0 Å². The van der Waals surface area contributed by atoms with Gasteiger partial charge in [-0.1, -0.05) is 19.8 Å². The number of nitrogens with two attached hydrogens (primary N) is 1. The first kappa shape index (κ1) is 18.3. The van der Waals surface area contributed by atoms with Gasteiger partial charge in [0.25, 0.3) is 0 Å². The van der Waals surface area contributed by atoms with Crippen molar-refractivity contribution in [2.75, 3.05) is 6.61 Å². The van der Waals surface area contributed by atoms with Crippen LogP contribution in [0.2, 0.25) is 0 Å². The van der Waals surface area contributed by atoms with Crippen LogP contribution in [0.25, 0.3) is 0 Å². The molecular weight excluding hydrogens is 221 g/mol. The molecule has 16 heavy (non-hydrogen) atoms. The molecule has 88 valence electrons. The number of esters is 1. The van der Waals surface area contributed by atoms with Crippen LogP contribution >= 0.6 is 0 Å². The SMILES string of the molecule is CCCCCOC(=O)[C@@H](N)CCC(=O)[O-].[Na+]. The summed E-state index contributed by atoms with van der Waals surface area (Å²) in [6.45, 7) is 2.40. The van der Waals surface area contributed by atoms with Crippen molar-refractivity contribution in [1.29, 1.82) is 0 Å². The summed E-state index contributed by atoms with van der Waals surface area (Å²) in [5, 5.41) is 10.1. The third-order valence-electron chi connectivity index (χ3n) is 1.95. The standard InChI is InChI=1S/C10H19NO4.Na/c1-2-3-4-7-15-10(14)8(11)5-6-9(12)13;/h8H,2-7,11H2,1H3,(H,12,13);/q;+1/p-1/t8-;/m0./s1. The summed E-state index contributed by atoms with van der Waals surface area (Å²) >= 11 is 0. The van der Waals surface area contributed by atoms with Crippen molar-refractivity contribution in [2.24, 2.45) is 5.73 Å². The predicted molar refractivity (Wildman–Crippen MR) is 52.7 cm³/mol. The second-order valence-electron chi connectivity index (χ2n) is 3.39. The van der Waals surface area contributed by atoms with Crippen LogP contribution in [0, 0.1) is 0 Å². The second kappa shape index (κ2) is 11.4. The van der Waals surface area contributed by atoms with Gasteiger partial charge in [-0.2, -0.15) is 0 Å². The smallest absolute Gasteiger partial charge is 0.550 e. The van der Waals surface area contributed by atoms with Crippen LogP contribution in [0.3, 0.4) is 0 Å². The average Bonchev–Trinajstić information content (AvgIpc) is 2.20. The molecule has 0 unspecified atom stereocenters. The molecule has 0 aromatic rings. The Morgan fingerprint density at radius 3 is 2.50 bits per heavy atom. The molecule has 0 aromatic carbocycles.